The molecule has 4 N–H and O–H groups in total. The molecule has 0 saturated carbocycles. The van der Waals surface area contributed by atoms with Crippen molar-refractivity contribution in [3.8, 4) is 0 Å². The van der Waals surface area contributed by atoms with E-state index in [1.165, 1.54) is 12.1 Å². The van der Waals surface area contributed by atoms with Crippen LogP contribution in [0.4, 0.5) is 10.1 Å². The first kappa shape index (κ1) is 36.7. The number of sulfonamides is 1. The summed E-state index contributed by atoms with van der Waals surface area (Å²) in [6, 6.07) is 21.0. The molecule has 1 aliphatic heterocycles. The molecule has 0 radical (unpaired) electrons. The van der Waals surface area contributed by atoms with Crippen molar-refractivity contribution in [2.45, 2.75) is 69.9 Å². The summed E-state index contributed by atoms with van der Waals surface area (Å²) < 4.78 is 38.4. The van der Waals surface area contributed by atoms with E-state index < -0.39 is 34.0 Å². The van der Waals surface area contributed by atoms with Gasteiger partial charge in [-0.25, -0.2) is 17.5 Å². The van der Waals surface area contributed by atoms with Crippen LogP contribution in [0.5, 0.6) is 0 Å². The molecule has 1 aliphatic rings. The Morgan fingerprint density at radius 1 is 0.833 bits per heavy atom. The molecule has 10 nitrogen and oxygen atoms in total. The van der Waals surface area contributed by atoms with Crippen LogP contribution in [0, 0.1) is 17.7 Å². The van der Waals surface area contributed by atoms with Gasteiger partial charge in [0.1, 0.15) is 5.82 Å². The van der Waals surface area contributed by atoms with E-state index in [2.05, 4.69) is 4.72 Å². The number of aliphatic hydroxyl groups excluding tert-OH is 1. The number of nitrogens with one attached hydrogen (secondary N) is 1. The Balaban J connectivity index is 1.43. The van der Waals surface area contributed by atoms with E-state index in [0.717, 1.165) is 41.5 Å². The zero-order chi connectivity index (χ0) is 34.8. The second-order valence-corrected chi connectivity index (χ2v) is 14.2. The highest BCUT2D eigenvalue weighted by Crippen LogP contribution is 2.46. The van der Waals surface area contributed by atoms with Crippen molar-refractivity contribution >= 4 is 33.6 Å². The van der Waals surface area contributed by atoms with Crippen LogP contribution in [0.2, 0.25) is 0 Å². The number of carbonyl (C=O) groups excluding carboxylic acids is 1. The Kier molecular flexibility index (Phi) is 12.9. The first-order chi connectivity index (χ1) is 22.8. The van der Waals surface area contributed by atoms with Gasteiger partial charge in [-0.1, -0.05) is 55.0 Å². The number of benzene rings is 3. The fraction of sp³-hybridized carbons (Fsp3) is 0.417. The van der Waals surface area contributed by atoms with Crippen molar-refractivity contribution in [2.24, 2.45) is 11.8 Å². The average Bonchev–Trinajstić information content (AvgIpc) is 3.03. The molecule has 12 heteroatoms. The number of carboxylic acid groups (broad SMARTS) is 2. The second kappa shape index (κ2) is 16.8. The zero-order valence-electron chi connectivity index (χ0n) is 26.9. The van der Waals surface area contributed by atoms with Crippen molar-refractivity contribution in [1.82, 2.24) is 4.72 Å². The molecule has 4 rings (SSSR count). The van der Waals surface area contributed by atoms with Crippen molar-refractivity contribution in [3.63, 3.8) is 0 Å². The van der Waals surface area contributed by atoms with Gasteiger partial charge < -0.3 is 20.2 Å². The quantitative estimate of drug-likeness (QED) is 0.0741. The molecule has 0 spiro atoms. The van der Waals surface area contributed by atoms with Crippen molar-refractivity contribution in [1.29, 1.82) is 0 Å². The number of rotatable bonds is 19. The SMILES string of the molecule is CS(=O)(=O)NCCCCc1ccc(N2C(=O)[C@H](CC[C@H](O)c3ccc(F)cc3)[C@H]2c2ccc(CCCCC(C(=O)O)C(=O)O)cc2)cc1. The van der Waals surface area contributed by atoms with Crippen LogP contribution in [0.15, 0.2) is 72.8 Å². The minimum Gasteiger partial charge on any atom is -0.481 e. The maximum absolute atomic E-state index is 13.6. The Hall–Kier alpha value is -4.13. The van der Waals surface area contributed by atoms with Crippen LogP contribution in [0.3, 0.4) is 0 Å². The molecule has 0 aromatic heterocycles. The standard InChI is InChI=1S/C36H43FN2O8S/c1-48(46,47)38-23-5-4-7-25-11-19-29(20-12-25)39-33(30(34(39)41)21-22-32(40)26-15-17-28(37)18-16-26)27-13-9-24(10-14-27)6-2-3-8-31(35(42)43)36(44)45/h9-20,30-33,38,40H,2-8,21-23H2,1H3,(H,42,43)(H,44,45)/t30-,32+,33-/m1/s1. The number of hydrogen-bond donors (Lipinski definition) is 4. The lowest BCUT2D eigenvalue weighted by molar-refractivity contribution is -0.154. The van der Waals surface area contributed by atoms with Gasteiger partial charge in [-0.15, -0.1) is 0 Å². The molecule has 3 atom stereocenters. The van der Waals surface area contributed by atoms with E-state index in [1.54, 1.807) is 17.0 Å². The van der Waals surface area contributed by atoms with Crippen LogP contribution in [0.25, 0.3) is 0 Å². The first-order valence-electron chi connectivity index (χ1n) is 16.2. The lowest BCUT2D eigenvalue weighted by Gasteiger charge is -2.48. The number of aliphatic carboxylic acids is 2. The normalized spacial score (nSPS) is 16.9. The van der Waals surface area contributed by atoms with E-state index >= 15 is 0 Å². The number of aryl methyl sites for hydroxylation is 2. The Morgan fingerprint density at radius 3 is 1.96 bits per heavy atom. The molecule has 3 aromatic rings. The predicted octanol–water partition coefficient (Wildman–Crippen LogP) is 5.41. The molecule has 258 valence electrons. The molecule has 3 aromatic carbocycles. The summed E-state index contributed by atoms with van der Waals surface area (Å²) >= 11 is 0. The number of amides is 1. The number of carboxylic acids is 2. The van der Waals surface area contributed by atoms with Crippen LogP contribution in [-0.4, -0.2) is 54.4 Å². The smallest absolute Gasteiger partial charge is 0.317 e. The lowest BCUT2D eigenvalue weighted by atomic mass is 9.78. The van der Waals surface area contributed by atoms with E-state index in [1.807, 2.05) is 48.5 Å². The highest BCUT2D eigenvalue weighted by Gasteiger charge is 2.48. The molecule has 0 unspecified atom stereocenters. The average molecular weight is 683 g/mol. The topological polar surface area (TPSA) is 161 Å². The largest absolute Gasteiger partial charge is 0.481 e. The number of hydrogen-bond acceptors (Lipinski definition) is 6. The van der Waals surface area contributed by atoms with Crippen LogP contribution < -0.4 is 9.62 Å². The number of anilines is 1. The van der Waals surface area contributed by atoms with Gasteiger partial charge in [0.05, 0.1) is 24.3 Å². The fourth-order valence-electron chi connectivity index (χ4n) is 6.13. The lowest BCUT2D eigenvalue weighted by Crippen LogP contribution is -2.55. The maximum Gasteiger partial charge on any atom is 0.317 e. The van der Waals surface area contributed by atoms with E-state index in [4.69, 9.17) is 10.2 Å². The Labute approximate surface area is 280 Å². The van der Waals surface area contributed by atoms with Crippen molar-refractivity contribution < 1.29 is 42.5 Å². The van der Waals surface area contributed by atoms with Crippen LogP contribution in [-0.2, 0) is 37.2 Å². The zero-order valence-corrected chi connectivity index (χ0v) is 27.7. The predicted molar refractivity (Wildman–Crippen MR) is 179 cm³/mol. The van der Waals surface area contributed by atoms with E-state index in [9.17, 15) is 32.3 Å². The molecule has 1 heterocycles. The third kappa shape index (κ3) is 10.2. The van der Waals surface area contributed by atoms with Crippen molar-refractivity contribution in [2.75, 3.05) is 17.7 Å². The van der Waals surface area contributed by atoms with Gasteiger partial charge in [0.25, 0.3) is 0 Å². The Bertz CT molecular complexity index is 1630. The number of unbranched alkanes of at least 4 members (excludes halogenated alkanes) is 2. The summed E-state index contributed by atoms with van der Waals surface area (Å²) in [4.78, 5) is 37.6. The summed E-state index contributed by atoms with van der Waals surface area (Å²) in [6.45, 7) is 0.382. The third-order valence-electron chi connectivity index (χ3n) is 8.82. The van der Waals surface area contributed by atoms with Crippen molar-refractivity contribution in [3.05, 3.63) is 101 Å². The van der Waals surface area contributed by atoms with Gasteiger partial charge >= 0.3 is 11.9 Å². The van der Waals surface area contributed by atoms with Gasteiger partial charge in [0, 0.05) is 12.2 Å². The van der Waals surface area contributed by atoms with E-state index in [-0.39, 0.29) is 30.1 Å². The third-order valence-corrected chi connectivity index (χ3v) is 9.54. The van der Waals surface area contributed by atoms with Gasteiger partial charge in [-0.3, -0.25) is 14.4 Å². The number of β-lactam (4-membered cyclic amide) rings is 1. The molecule has 0 aliphatic carbocycles. The summed E-state index contributed by atoms with van der Waals surface area (Å²) in [5.41, 5.74) is 4.35. The summed E-state index contributed by atoms with van der Waals surface area (Å²) in [7, 11) is -3.21. The molecule has 1 fully saturated rings. The molecule has 1 amide bonds. The summed E-state index contributed by atoms with van der Waals surface area (Å²) in [6.07, 6.45) is 5.12. The summed E-state index contributed by atoms with van der Waals surface area (Å²) in [5.74, 6) is -4.90. The van der Waals surface area contributed by atoms with Crippen LogP contribution in [0.1, 0.15) is 79.3 Å². The maximum atomic E-state index is 13.6. The van der Waals surface area contributed by atoms with Gasteiger partial charge in [-0.05, 0) is 97.9 Å². The van der Waals surface area contributed by atoms with Gasteiger partial charge in [-0.2, -0.15) is 0 Å². The minimum atomic E-state index is -3.21. The number of halogens is 1. The second-order valence-electron chi connectivity index (χ2n) is 12.4. The highest BCUT2D eigenvalue weighted by molar-refractivity contribution is 7.88. The number of aliphatic hydroxyl groups is 1. The minimum absolute atomic E-state index is 0.0543. The molecule has 0 bridgehead atoms. The molecule has 48 heavy (non-hydrogen) atoms. The number of carbonyl (C=O) groups is 3. The summed E-state index contributed by atoms with van der Waals surface area (Å²) in [5, 5.41) is 28.9. The van der Waals surface area contributed by atoms with Gasteiger partial charge in [0.2, 0.25) is 15.9 Å². The number of nitrogens with zero attached hydrogens (tertiary/aromatic N) is 1. The van der Waals surface area contributed by atoms with E-state index in [0.29, 0.717) is 50.6 Å². The fourth-order valence-corrected chi connectivity index (χ4v) is 6.65. The van der Waals surface area contributed by atoms with Gasteiger partial charge in [0.15, 0.2) is 5.92 Å². The Morgan fingerprint density at radius 2 is 1.40 bits per heavy atom. The monoisotopic (exact) mass is 682 g/mol. The molecular formula is C36H43FN2O8S. The highest BCUT2D eigenvalue weighted by atomic mass is 32.2. The molecule has 1 saturated heterocycles. The molecular weight excluding hydrogens is 639 g/mol. The first-order valence-corrected chi connectivity index (χ1v) is 18.1. The van der Waals surface area contributed by atoms with Crippen LogP contribution >= 0.6 is 0 Å².